The van der Waals surface area contributed by atoms with Crippen LogP contribution in [-0.2, 0) is 10.2 Å². The van der Waals surface area contributed by atoms with Gasteiger partial charge in [0.15, 0.2) is 0 Å². The highest BCUT2D eigenvalue weighted by Crippen LogP contribution is 2.30. The fourth-order valence-electron chi connectivity index (χ4n) is 2.66. The predicted octanol–water partition coefficient (Wildman–Crippen LogP) is 0.701. The van der Waals surface area contributed by atoms with Gasteiger partial charge in [-0.1, -0.05) is 0 Å². The van der Waals surface area contributed by atoms with Crippen molar-refractivity contribution in [3.05, 3.63) is 17.8 Å². The lowest BCUT2D eigenvalue weighted by molar-refractivity contribution is 0.410. The van der Waals surface area contributed by atoms with E-state index < -0.39 is 10.2 Å². The molecule has 0 aromatic carbocycles. The van der Waals surface area contributed by atoms with Gasteiger partial charge in [-0.2, -0.15) is 8.42 Å². The lowest BCUT2D eigenvalue weighted by Gasteiger charge is -2.33. The summed E-state index contributed by atoms with van der Waals surface area (Å²) in [5.74, 6) is 1.18. The van der Waals surface area contributed by atoms with Gasteiger partial charge in [0.1, 0.15) is 12.1 Å². The van der Waals surface area contributed by atoms with E-state index in [9.17, 15) is 8.42 Å². The summed E-state index contributed by atoms with van der Waals surface area (Å²) in [5.41, 5.74) is 0.954. The number of nitrogens with zero attached hydrogens (tertiary/aromatic N) is 3. The van der Waals surface area contributed by atoms with Crippen molar-refractivity contribution >= 4 is 37.6 Å². The van der Waals surface area contributed by atoms with Crippen molar-refractivity contribution in [1.29, 1.82) is 0 Å². The molecule has 2 aromatic heterocycles. The van der Waals surface area contributed by atoms with Gasteiger partial charge in [-0.25, -0.2) is 19.8 Å². The molecule has 0 aliphatic carbocycles. The Labute approximate surface area is 127 Å². The minimum atomic E-state index is -3.62. The SMILES string of the molecule is NS(=O)(=O)NC[C@@H]1CCCN(c2ncnc3ccsc23)C1. The minimum Gasteiger partial charge on any atom is -0.355 e. The first-order chi connectivity index (χ1) is 10.0. The molecule has 3 rings (SSSR count). The molecule has 1 aliphatic heterocycles. The lowest BCUT2D eigenvalue weighted by atomic mass is 9.98. The van der Waals surface area contributed by atoms with Crippen molar-refractivity contribution < 1.29 is 8.42 Å². The number of fused-ring (bicyclic) bond motifs is 1. The average molecular weight is 327 g/mol. The molecule has 0 bridgehead atoms. The van der Waals surface area contributed by atoms with E-state index >= 15 is 0 Å². The zero-order valence-electron chi connectivity index (χ0n) is 11.4. The number of aromatic nitrogens is 2. The van der Waals surface area contributed by atoms with Crippen LogP contribution in [0, 0.1) is 5.92 Å². The smallest absolute Gasteiger partial charge is 0.274 e. The monoisotopic (exact) mass is 327 g/mol. The summed E-state index contributed by atoms with van der Waals surface area (Å²) in [7, 11) is -3.62. The maximum atomic E-state index is 11.0. The Morgan fingerprint density at radius 1 is 1.48 bits per heavy atom. The van der Waals surface area contributed by atoms with E-state index in [2.05, 4.69) is 19.6 Å². The van der Waals surface area contributed by atoms with Crippen LogP contribution in [0.1, 0.15) is 12.8 Å². The summed E-state index contributed by atoms with van der Waals surface area (Å²) < 4.78 is 25.5. The molecule has 0 unspecified atom stereocenters. The molecule has 9 heteroatoms. The zero-order valence-corrected chi connectivity index (χ0v) is 13.0. The molecule has 1 atom stereocenters. The van der Waals surface area contributed by atoms with Crippen molar-refractivity contribution in [1.82, 2.24) is 14.7 Å². The van der Waals surface area contributed by atoms with Gasteiger partial charge in [-0.15, -0.1) is 11.3 Å². The molecular formula is C12H17N5O2S2. The number of hydrogen-bond donors (Lipinski definition) is 2. The second-order valence-corrected chi connectivity index (χ2v) is 7.47. The third-order valence-electron chi connectivity index (χ3n) is 3.62. The molecule has 1 fully saturated rings. The number of hydrogen-bond acceptors (Lipinski definition) is 6. The summed E-state index contributed by atoms with van der Waals surface area (Å²) in [5, 5.41) is 6.99. The Bertz CT molecular complexity index is 730. The van der Waals surface area contributed by atoms with Crippen LogP contribution in [0.25, 0.3) is 10.2 Å². The summed E-state index contributed by atoms with van der Waals surface area (Å²) in [4.78, 5) is 10.9. The van der Waals surface area contributed by atoms with Crippen LogP contribution in [0.15, 0.2) is 17.8 Å². The summed E-state index contributed by atoms with van der Waals surface area (Å²) >= 11 is 1.63. The Morgan fingerprint density at radius 3 is 3.14 bits per heavy atom. The van der Waals surface area contributed by atoms with Gasteiger partial charge in [0.05, 0.1) is 10.2 Å². The van der Waals surface area contributed by atoms with Gasteiger partial charge in [0.2, 0.25) is 0 Å². The second kappa shape index (κ2) is 5.84. The third kappa shape index (κ3) is 3.49. The van der Waals surface area contributed by atoms with Crippen LogP contribution in [0.5, 0.6) is 0 Å². The summed E-state index contributed by atoms with van der Waals surface area (Å²) in [6.45, 7) is 2.07. The molecule has 1 aliphatic rings. The Kier molecular flexibility index (Phi) is 4.07. The van der Waals surface area contributed by atoms with Gasteiger partial charge in [0.25, 0.3) is 10.2 Å². The molecular weight excluding hydrogens is 310 g/mol. The van der Waals surface area contributed by atoms with Crippen molar-refractivity contribution in [2.75, 3.05) is 24.5 Å². The second-order valence-electron chi connectivity index (χ2n) is 5.18. The molecule has 2 aromatic rings. The van der Waals surface area contributed by atoms with Gasteiger partial charge < -0.3 is 4.90 Å². The molecule has 0 spiro atoms. The van der Waals surface area contributed by atoms with Crippen LogP contribution in [0.4, 0.5) is 5.82 Å². The van der Waals surface area contributed by atoms with Gasteiger partial charge in [0, 0.05) is 19.6 Å². The number of piperidine rings is 1. The van der Waals surface area contributed by atoms with Gasteiger partial charge in [-0.3, -0.25) is 0 Å². The highest BCUT2D eigenvalue weighted by molar-refractivity contribution is 7.87. The first-order valence-electron chi connectivity index (χ1n) is 6.73. The topological polar surface area (TPSA) is 101 Å². The van der Waals surface area contributed by atoms with Crippen LogP contribution < -0.4 is 14.8 Å². The Morgan fingerprint density at radius 2 is 2.33 bits per heavy atom. The molecule has 0 radical (unpaired) electrons. The molecule has 3 N–H and O–H groups in total. The van der Waals surface area contributed by atoms with E-state index in [1.807, 2.05) is 11.4 Å². The molecule has 0 amide bonds. The molecule has 21 heavy (non-hydrogen) atoms. The van der Waals surface area contributed by atoms with E-state index in [1.165, 1.54) is 0 Å². The number of thiophene rings is 1. The number of nitrogens with two attached hydrogens (primary N) is 1. The predicted molar refractivity (Wildman–Crippen MR) is 83.5 cm³/mol. The molecule has 0 saturated carbocycles. The van der Waals surface area contributed by atoms with Gasteiger partial charge >= 0.3 is 0 Å². The first-order valence-corrected chi connectivity index (χ1v) is 9.16. The highest BCUT2D eigenvalue weighted by atomic mass is 32.2. The number of nitrogens with one attached hydrogen (secondary N) is 1. The fraction of sp³-hybridized carbons (Fsp3) is 0.500. The van der Waals surface area contributed by atoms with E-state index in [1.54, 1.807) is 17.7 Å². The first kappa shape index (κ1) is 14.6. The molecule has 114 valence electrons. The average Bonchev–Trinajstić information content (AvgIpc) is 2.93. The number of rotatable bonds is 4. The van der Waals surface area contributed by atoms with E-state index in [0.29, 0.717) is 6.54 Å². The maximum Gasteiger partial charge on any atom is 0.274 e. The third-order valence-corrected chi connectivity index (χ3v) is 5.08. The van der Waals surface area contributed by atoms with Gasteiger partial charge in [-0.05, 0) is 30.2 Å². The zero-order chi connectivity index (χ0) is 14.9. The normalized spacial score (nSPS) is 20.0. The van der Waals surface area contributed by atoms with Crippen molar-refractivity contribution in [3.8, 4) is 0 Å². The van der Waals surface area contributed by atoms with Crippen molar-refractivity contribution in [3.63, 3.8) is 0 Å². The largest absolute Gasteiger partial charge is 0.355 e. The van der Waals surface area contributed by atoms with Crippen LogP contribution in [-0.4, -0.2) is 38.0 Å². The molecule has 3 heterocycles. The van der Waals surface area contributed by atoms with Crippen molar-refractivity contribution in [2.45, 2.75) is 12.8 Å². The maximum absolute atomic E-state index is 11.0. The van der Waals surface area contributed by atoms with Crippen LogP contribution >= 0.6 is 11.3 Å². The summed E-state index contributed by atoms with van der Waals surface area (Å²) in [6, 6.07) is 1.98. The van der Waals surface area contributed by atoms with E-state index in [-0.39, 0.29) is 5.92 Å². The number of anilines is 1. The minimum absolute atomic E-state index is 0.238. The Hall–Kier alpha value is -1.29. The molecule has 1 saturated heterocycles. The quantitative estimate of drug-likeness (QED) is 0.861. The highest BCUT2D eigenvalue weighted by Gasteiger charge is 2.23. The van der Waals surface area contributed by atoms with Crippen LogP contribution in [0.2, 0.25) is 0 Å². The fourth-order valence-corrected chi connectivity index (χ4v) is 3.99. The van der Waals surface area contributed by atoms with Crippen molar-refractivity contribution in [2.24, 2.45) is 11.1 Å². The summed E-state index contributed by atoms with van der Waals surface area (Å²) in [6.07, 6.45) is 3.57. The standard InChI is InChI=1S/C12H17N5O2S2/c13-21(18,19)16-6-9-2-1-4-17(7-9)12-11-10(3-5-20-11)14-8-15-12/h3,5,8-9,16H,1-2,4,6-7H2,(H2,13,18,19)/t9-/m0/s1. The Balaban J connectivity index is 1.75. The van der Waals surface area contributed by atoms with E-state index in [4.69, 9.17) is 5.14 Å². The molecule has 7 nitrogen and oxygen atoms in total. The van der Waals surface area contributed by atoms with E-state index in [0.717, 1.165) is 42.0 Å². The van der Waals surface area contributed by atoms with Crippen LogP contribution in [0.3, 0.4) is 0 Å². The lowest BCUT2D eigenvalue weighted by Crippen LogP contribution is -2.42.